The van der Waals surface area contributed by atoms with Crippen LogP contribution in [0.5, 0.6) is 0 Å². The molecule has 0 saturated carbocycles. The van der Waals surface area contributed by atoms with Gasteiger partial charge in [0.25, 0.3) is 0 Å². The van der Waals surface area contributed by atoms with Gasteiger partial charge in [-0.3, -0.25) is 4.68 Å². The van der Waals surface area contributed by atoms with Gasteiger partial charge in [-0.2, -0.15) is 10.4 Å². The van der Waals surface area contributed by atoms with Gasteiger partial charge in [-0.1, -0.05) is 6.07 Å². The van der Waals surface area contributed by atoms with E-state index in [0.717, 1.165) is 16.6 Å². The van der Waals surface area contributed by atoms with Crippen LogP contribution in [0.4, 0.5) is 0 Å². The first-order valence-electron chi connectivity index (χ1n) is 7.42. The number of nitrogens with one attached hydrogen (secondary N) is 1. The van der Waals surface area contributed by atoms with Crippen LogP contribution in [0.2, 0.25) is 0 Å². The van der Waals surface area contributed by atoms with Crippen molar-refractivity contribution in [2.45, 2.75) is 32.5 Å². The molecule has 0 aliphatic heterocycles. The Balaban J connectivity index is 1.75. The average Bonchev–Trinajstić information content (AvgIpc) is 3.18. The van der Waals surface area contributed by atoms with Crippen molar-refractivity contribution in [1.82, 2.24) is 19.5 Å². The van der Waals surface area contributed by atoms with Crippen LogP contribution in [0, 0.1) is 11.3 Å². The summed E-state index contributed by atoms with van der Waals surface area (Å²) in [5.41, 5.74) is 2.72. The van der Waals surface area contributed by atoms with Crippen molar-refractivity contribution in [2.24, 2.45) is 0 Å². The Morgan fingerprint density at radius 3 is 2.86 bits per heavy atom. The van der Waals surface area contributed by atoms with Crippen molar-refractivity contribution in [2.75, 3.05) is 0 Å². The van der Waals surface area contributed by atoms with Gasteiger partial charge >= 0.3 is 0 Å². The summed E-state index contributed by atoms with van der Waals surface area (Å²) in [6, 6.07) is 10.6. The molecule has 0 aliphatic carbocycles. The normalized spacial score (nSPS) is 13.9. The van der Waals surface area contributed by atoms with Crippen molar-refractivity contribution >= 4 is 5.52 Å². The van der Waals surface area contributed by atoms with E-state index >= 15 is 0 Å². The molecule has 112 valence electrons. The van der Waals surface area contributed by atoms with E-state index in [1.165, 1.54) is 0 Å². The van der Waals surface area contributed by atoms with Crippen LogP contribution in [0.1, 0.15) is 31.0 Å². The third-order valence-electron chi connectivity index (χ3n) is 4.15. The molecule has 3 rings (SSSR count). The fourth-order valence-corrected chi connectivity index (χ4v) is 2.63. The van der Waals surface area contributed by atoms with E-state index in [1.807, 2.05) is 51.9 Å². The van der Waals surface area contributed by atoms with Gasteiger partial charge < -0.3 is 9.72 Å². The fraction of sp³-hybridized carbons (Fsp3) is 0.294. The molecule has 0 unspecified atom stereocenters. The van der Waals surface area contributed by atoms with Gasteiger partial charge in [0.15, 0.2) is 0 Å². The third kappa shape index (κ3) is 2.61. The Hall–Kier alpha value is -2.58. The lowest BCUT2D eigenvalue weighted by Gasteiger charge is -2.21. The fourth-order valence-electron chi connectivity index (χ4n) is 2.63. The van der Waals surface area contributed by atoms with E-state index in [2.05, 4.69) is 30.3 Å². The van der Waals surface area contributed by atoms with Gasteiger partial charge in [0.1, 0.15) is 6.07 Å². The van der Waals surface area contributed by atoms with Crippen molar-refractivity contribution in [3.05, 3.63) is 60.2 Å². The maximum atomic E-state index is 9.42. The van der Waals surface area contributed by atoms with Crippen molar-refractivity contribution in [1.29, 1.82) is 5.26 Å². The summed E-state index contributed by atoms with van der Waals surface area (Å²) in [6.07, 6.45) is 7.75. The number of rotatable bonds is 5. The summed E-state index contributed by atoms with van der Waals surface area (Å²) >= 11 is 0. The number of hydrogen-bond donors (Lipinski definition) is 1. The molecule has 0 aromatic carbocycles. The number of pyridine rings is 1. The molecule has 3 heterocycles. The summed E-state index contributed by atoms with van der Waals surface area (Å²) in [7, 11) is 0. The summed E-state index contributed by atoms with van der Waals surface area (Å²) in [6.45, 7) is 4.93. The van der Waals surface area contributed by atoms with Gasteiger partial charge in [-0.05, 0) is 32.0 Å². The molecule has 0 aliphatic rings. The summed E-state index contributed by atoms with van der Waals surface area (Å²) in [5, 5.41) is 17.2. The van der Waals surface area contributed by atoms with E-state index in [-0.39, 0.29) is 12.1 Å². The number of fused-ring (bicyclic) bond motifs is 1. The average molecular weight is 293 g/mol. The molecule has 1 N–H and O–H groups in total. The topological polar surface area (TPSA) is 58.0 Å². The van der Waals surface area contributed by atoms with Gasteiger partial charge in [0.05, 0.1) is 17.1 Å². The van der Waals surface area contributed by atoms with E-state index in [1.54, 1.807) is 6.20 Å². The molecule has 0 amide bonds. The molecule has 0 radical (unpaired) electrons. The smallest absolute Gasteiger partial charge is 0.102 e. The monoisotopic (exact) mass is 293 g/mol. The molecule has 0 spiro atoms. The Labute approximate surface area is 129 Å². The van der Waals surface area contributed by atoms with Crippen LogP contribution in [0.15, 0.2) is 49.1 Å². The van der Waals surface area contributed by atoms with Gasteiger partial charge in [-0.25, -0.2) is 0 Å². The second-order valence-corrected chi connectivity index (χ2v) is 5.53. The first-order valence-corrected chi connectivity index (χ1v) is 7.42. The Bertz CT molecular complexity index is 794. The molecule has 3 aromatic rings. The summed E-state index contributed by atoms with van der Waals surface area (Å²) in [5.74, 6) is 0. The molecule has 0 fully saturated rings. The zero-order valence-corrected chi connectivity index (χ0v) is 12.8. The standard InChI is InChI=1S/C17H19N5/c1-13(14(2)22-9-5-7-20-22)19-11-15-12-21-8-4-3-6-17(21)16(15)10-18/h3-9,12-14,19H,11H2,1-2H3/t13-,14-/m0/s1. The van der Waals surface area contributed by atoms with Gasteiger partial charge in [-0.15, -0.1) is 0 Å². The molecule has 0 saturated heterocycles. The van der Waals surface area contributed by atoms with E-state index in [4.69, 9.17) is 0 Å². The number of nitriles is 1. The zero-order valence-electron chi connectivity index (χ0n) is 12.8. The molecular weight excluding hydrogens is 274 g/mol. The second-order valence-electron chi connectivity index (χ2n) is 5.53. The summed E-state index contributed by atoms with van der Waals surface area (Å²) in [4.78, 5) is 0. The summed E-state index contributed by atoms with van der Waals surface area (Å²) < 4.78 is 3.94. The first-order chi connectivity index (χ1) is 10.7. The predicted molar refractivity (Wildman–Crippen MR) is 85.4 cm³/mol. The number of aromatic nitrogens is 3. The van der Waals surface area contributed by atoms with Crippen LogP contribution in [0.25, 0.3) is 5.52 Å². The zero-order chi connectivity index (χ0) is 15.5. The predicted octanol–water partition coefficient (Wildman–Crippen LogP) is 2.75. The van der Waals surface area contributed by atoms with Gasteiger partial charge in [0.2, 0.25) is 0 Å². The molecule has 5 nitrogen and oxygen atoms in total. The third-order valence-corrected chi connectivity index (χ3v) is 4.15. The molecule has 0 bridgehead atoms. The lowest BCUT2D eigenvalue weighted by atomic mass is 10.1. The first kappa shape index (κ1) is 14.4. The minimum atomic E-state index is 0.245. The molecule has 3 aromatic heterocycles. The highest BCUT2D eigenvalue weighted by Crippen LogP contribution is 2.18. The highest BCUT2D eigenvalue weighted by Gasteiger charge is 2.15. The Morgan fingerprint density at radius 2 is 2.14 bits per heavy atom. The Morgan fingerprint density at radius 1 is 1.27 bits per heavy atom. The van der Waals surface area contributed by atoms with E-state index in [9.17, 15) is 5.26 Å². The molecular formula is C17H19N5. The minimum Gasteiger partial charge on any atom is -0.322 e. The lowest BCUT2D eigenvalue weighted by Crippen LogP contribution is -2.33. The largest absolute Gasteiger partial charge is 0.322 e. The van der Waals surface area contributed by atoms with Crippen LogP contribution >= 0.6 is 0 Å². The van der Waals surface area contributed by atoms with Crippen molar-refractivity contribution in [3.63, 3.8) is 0 Å². The number of hydrogen-bond acceptors (Lipinski definition) is 3. The Kier molecular flexibility index (Phi) is 3.94. The van der Waals surface area contributed by atoms with E-state index in [0.29, 0.717) is 6.54 Å². The molecule has 22 heavy (non-hydrogen) atoms. The van der Waals surface area contributed by atoms with Crippen molar-refractivity contribution in [3.8, 4) is 6.07 Å². The minimum absolute atomic E-state index is 0.245. The molecule has 2 atom stereocenters. The molecule has 5 heteroatoms. The lowest BCUT2D eigenvalue weighted by molar-refractivity contribution is 0.365. The van der Waals surface area contributed by atoms with Crippen LogP contribution < -0.4 is 5.32 Å². The second kappa shape index (κ2) is 6.04. The number of nitrogens with zero attached hydrogens (tertiary/aromatic N) is 4. The van der Waals surface area contributed by atoms with Crippen LogP contribution in [0.3, 0.4) is 0 Å². The van der Waals surface area contributed by atoms with Crippen molar-refractivity contribution < 1.29 is 0 Å². The highest BCUT2D eigenvalue weighted by atomic mass is 15.3. The van der Waals surface area contributed by atoms with E-state index < -0.39 is 0 Å². The van der Waals surface area contributed by atoms with Crippen LogP contribution in [-0.2, 0) is 6.54 Å². The highest BCUT2D eigenvalue weighted by molar-refractivity contribution is 5.65. The van der Waals surface area contributed by atoms with Gasteiger partial charge in [0, 0.05) is 42.9 Å². The van der Waals surface area contributed by atoms with Crippen LogP contribution in [-0.4, -0.2) is 20.2 Å². The maximum Gasteiger partial charge on any atom is 0.102 e. The maximum absolute atomic E-state index is 9.42. The quantitative estimate of drug-likeness (QED) is 0.787. The SMILES string of the molecule is C[C@H](NCc1cn2ccccc2c1C#N)[C@H](C)n1cccn1.